The first-order valence-electron chi connectivity index (χ1n) is 5.52. The Bertz CT molecular complexity index is 825. The largest absolute Gasteiger partial charge is 0.477 e. The van der Waals surface area contributed by atoms with Crippen LogP contribution in [0.1, 0.15) is 16.2 Å². The van der Waals surface area contributed by atoms with Crippen LogP contribution in [-0.2, 0) is 10.0 Å². The van der Waals surface area contributed by atoms with Crippen LogP contribution < -0.4 is 4.72 Å². The van der Waals surface area contributed by atoms with Gasteiger partial charge in [-0.2, -0.15) is 5.26 Å². The van der Waals surface area contributed by atoms with E-state index in [1.165, 1.54) is 30.3 Å². The number of anilines is 1. The van der Waals surface area contributed by atoms with Gasteiger partial charge in [0.25, 0.3) is 10.0 Å². The van der Waals surface area contributed by atoms with E-state index in [1.807, 2.05) is 0 Å². The van der Waals surface area contributed by atoms with Gasteiger partial charge >= 0.3 is 5.97 Å². The molecule has 21 heavy (non-hydrogen) atoms. The van der Waals surface area contributed by atoms with Crippen molar-refractivity contribution in [3.05, 3.63) is 47.9 Å². The van der Waals surface area contributed by atoms with Gasteiger partial charge in [0, 0.05) is 6.20 Å². The van der Waals surface area contributed by atoms with Gasteiger partial charge in [0.05, 0.1) is 0 Å². The Morgan fingerprint density at radius 1 is 1.29 bits per heavy atom. The number of aromatic nitrogens is 2. The van der Waals surface area contributed by atoms with Crippen LogP contribution in [-0.4, -0.2) is 29.5 Å². The Balaban J connectivity index is 2.30. The zero-order chi connectivity index (χ0) is 15.5. The van der Waals surface area contributed by atoms with Crippen molar-refractivity contribution in [2.75, 3.05) is 4.72 Å². The lowest BCUT2D eigenvalue weighted by Gasteiger charge is -2.07. The molecule has 0 aliphatic heterocycles. The molecular weight excluding hydrogens is 296 g/mol. The maximum absolute atomic E-state index is 12.1. The molecule has 0 saturated heterocycles. The average molecular weight is 304 g/mol. The van der Waals surface area contributed by atoms with E-state index in [-0.39, 0.29) is 22.1 Å². The second kappa shape index (κ2) is 5.56. The molecule has 0 spiro atoms. The summed E-state index contributed by atoms with van der Waals surface area (Å²) in [6.45, 7) is 0. The lowest BCUT2D eigenvalue weighted by molar-refractivity contribution is 0.0690. The van der Waals surface area contributed by atoms with Crippen molar-refractivity contribution in [3.8, 4) is 6.07 Å². The van der Waals surface area contributed by atoms with Gasteiger partial charge in [-0.05, 0) is 24.3 Å². The summed E-state index contributed by atoms with van der Waals surface area (Å²) in [4.78, 5) is 17.9. The molecule has 0 atom stereocenters. The number of hydrogen-bond acceptors (Lipinski definition) is 6. The molecule has 0 saturated carbocycles. The summed E-state index contributed by atoms with van der Waals surface area (Å²) in [7, 11) is -3.96. The number of rotatable bonds is 4. The number of nitrogens with one attached hydrogen (secondary N) is 1. The summed E-state index contributed by atoms with van der Waals surface area (Å²) >= 11 is 0. The summed E-state index contributed by atoms with van der Waals surface area (Å²) in [6.07, 6.45) is 1.03. The zero-order valence-corrected chi connectivity index (χ0v) is 11.2. The summed E-state index contributed by atoms with van der Waals surface area (Å²) in [6, 6.07) is 8.17. The molecule has 2 aromatic rings. The SMILES string of the molecule is N#Cc1ccc(S(=O)(=O)Nc2cccc(C(=O)O)n2)cn1. The number of pyridine rings is 2. The van der Waals surface area contributed by atoms with Crippen LogP contribution in [0, 0.1) is 11.3 Å². The van der Waals surface area contributed by atoms with Gasteiger partial charge in [0.1, 0.15) is 22.5 Å². The third kappa shape index (κ3) is 3.31. The molecular formula is C12H8N4O4S. The van der Waals surface area contributed by atoms with Crippen LogP contribution in [0.3, 0.4) is 0 Å². The minimum absolute atomic E-state index is 0.0833. The predicted octanol–water partition coefficient (Wildman–Crippen LogP) is 0.847. The average Bonchev–Trinajstić information content (AvgIpc) is 2.47. The molecule has 2 rings (SSSR count). The molecule has 106 valence electrons. The highest BCUT2D eigenvalue weighted by atomic mass is 32.2. The maximum atomic E-state index is 12.1. The van der Waals surface area contributed by atoms with Crippen molar-refractivity contribution in [1.82, 2.24) is 9.97 Å². The molecule has 2 heterocycles. The second-order valence-electron chi connectivity index (χ2n) is 3.81. The molecule has 2 N–H and O–H groups in total. The Kier molecular flexibility index (Phi) is 3.82. The number of carboxylic acids is 1. The number of carboxylic acid groups (broad SMARTS) is 1. The summed E-state index contributed by atoms with van der Waals surface area (Å²) in [5, 5.41) is 17.4. The van der Waals surface area contributed by atoms with Crippen LogP contribution in [0.25, 0.3) is 0 Å². The Morgan fingerprint density at radius 3 is 2.62 bits per heavy atom. The van der Waals surface area contributed by atoms with Crippen LogP contribution in [0.15, 0.2) is 41.4 Å². The molecule has 0 aliphatic rings. The van der Waals surface area contributed by atoms with Gasteiger partial charge < -0.3 is 5.11 Å². The van der Waals surface area contributed by atoms with Gasteiger partial charge in [-0.25, -0.2) is 23.2 Å². The molecule has 9 heteroatoms. The highest BCUT2D eigenvalue weighted by Crippen LogP contribution is 2.14. The van der Waals surface area contributed by atoms with Gasteiger partial charge in [0.2, 0.25) is 0 Å². The van der Waals surface area contributed by atoms with Gasteiger partial charge in [0.15, 0.2) is 5.69 Å². The Morgan fingerprint density at radius 2 is 2.05 bits per heavy atom. The monoisotopic (exact) mass is 304 g/mol. The van der Waals surface area contributed by atoms with E-state index in [2.05, 4.69) is 14.7 Å². The lowest BCUT2D eigenvalue weighted by Crippen LogP contribution is -2.15. The van der Waals surface area contributed by atoms with E-state index in [1.54, 1.807) is 6.07 Å². The van der Waals surface area contributed by atoms with Gasteiger partial charge in [-0.1, -0.05) is 6.07 Å². The van der Waals surface area contributed by atoms with Crippen molar-refractivity contribution < 1.29 is 18.3 Å². The maximum Gasteiger partial charge on any atom is 0.354 e. The highest BCUT2D eigenvalue weighted by Gasteiger charge is 2.16. The Labute approximate surface area is 119 Å². The van der Waals surface area contributed by atoms with Crippen molar-refractivity contribution in [3.63, 3.8) is 0 Å². The summed E-state index contributed by atoms with van der Waals surface area (Å²) in [5.41, 5.74) is -0.201. The topological polar surface area (TPSA) is 133 Å². The van der Waals surface area contributed by atoms with E-state index >= 15 is 0 Å². The number of nitrogens with zero attached hydrogens (tertiary/aromatic N) is 3. The molecule has 0 unspecified atom stereocenters. The van der Waals surface area contributed by atoms with Crippen molar-refractivity contribution >= 4 is 21.8 Å². The first-order chi connectivity index (χ1) is 9.92. The van der Waals surface area contributed by atoms with Crippen molar-refractivity contribution in [1.29, 1.82) is 5.26 Å². The zero-order valence-electron chi connectivity index (χ0n) is 10.4. The second-order valence-corrected chi connectivity index (χ2v) is 5.49. The third-order valence-corrected chi connectivity index (χ3v) is 3.71. The number of hydrogen-bond donors (Lipinski definition) is 2. The smallest absolute Gasteiger partial charge is 0.354 e. The minimum atomic E-state index is -3.96. The van der Waals surface area contributed by atoms with Gasteiger partial charge in [-0.3, -0.25) is 4.72 Å². The fraction of sp³-hybridized carbons (Fsp3) is 0. The number of sulfonamides is 1. The van der Waals surface area contributed by atoms with Crippen molar-refractivity contribution in [2.45, 2.75) is 4.90 Å². The molecule has 8 nitrogen and oxygen atoms in total. The highest BCUT2D eigenvalue weighted by molar-refractivity contribution is 7.92. The lowest BCUT2D eigenvalue weighted by atomic mass is 10.3. The Hall–Kier alpha value is -2.99. The molecule has 0 aromatic carbocycles. The molecule has 2 aromatic heterocycles. The number of carbonyl (C=O) groups is 1. The van der Waals surface area contributed by atoms with Gasteiger partial charge in [-0.15, -0.1) is 0 Å². The molecule has 0 amide bonds. The molecule has 0 bridgehead atoms. The van der Waals surface area contributed by atoms with E-state index in [0.29, 0.717) is 0 Å². The van der Waals surface area contributed by atoms with Crippen molar-refractivity contribution in [2.24, 2.45) is 0 Å². The fourth-order valence-corrected chi connectivity index (χ4v) is 2.36. The van der Waals surface area contributed by atoms with Crippen LogP contribution in [0.5, 0.6) is 0 Å². The summed E-state index contributed by atoms with van der Waals surface area (Å²) < 4.78 is 26.3. The predicted molar refractivity (Wildman–Crippen MR) is 71.0 cm³/mol. The fourth-order valence-electron chi connectivity index (χ4n) is 1.41. The van der Waals surface area contributed by atoms with E-state index in [9.17, 15) is 13.2 Å². The van der Waals surface area contributed by atoms with Crippen LogP contribution in [0.2, 0.25) is 0 Å². The minimum Gasteiger partial charge on any atom is -0.477 e. The van der Waals surface area contributed by atoms with E-state index < -0.39 is 16.0 Å². The first kappa shape index (κ1) is 14.4. The van der Waals surface area contributed by atoms with E-state index in [0.717, 1.165) is 6.20 Å². The quantitative estimate of drug-likeness (QED) is 0.855. The molecule has 0 aliphatic carbocycles. The first-order valence-corrected chi connectivity index (χ1v) is 7.00. The normalized spacial score (nSPS) is 10.6. The number of nitriles is 1. The van der Waals surface area contributed by atoms with Crippen LogP contribution in [0.4, 0.5) is 5.82 Å². The standard InChI is InChI=1S/C12H8N4O4S/c13-6-8-4-5-9(7-14-8)21(19,20)16-11-3-1-2-10(15-11)12(17)18/h1-5,7H,(H,15,16)(H,17,18). The molecule has 0 radical (unpaired) electrons. The van der Waals surface area contributed by atoms with Crippen LogP contribution >= 0.6 is 0 Å². The van der Waals surface area contributed by atoms with E-state index in [4.69, 9.17) is 10.4 Å². The molecule has 0 fully saturated rings. The number of aromatic carboxylic acids is 1. The third-order valence-electron chi connectivity index (χ3n) is 2.37. The summed E-state index contributed by atoms with van der Waals surface area (Å²) in [5.74, 6) is -1.39.